The van der Waals surface area contributed by atoms with Crippen LogP contribution in [0, 0.1) is 0 Å². The van der Waals surface area contributed by atoms with E-state index in [0.29, 0.717) is 13.2 Å². The van der Waals surface area contributed by atoms with Crippen LogP contribution in [0.3, 0.4) is 0 Å². The molecule has 0 aliphatic carbocycles. The molecule has 0 aromatic heterocycles. The zero-order valence-electron chi connectivity index (χ0n) is 7.54. The van der Waals surface area contributed by atoms with Gasteiger partial charge in [0.05, 0.1) is 13.2 Å². The van der Waals surface area contributed by atoms with Crippen molar-refractivity contribution >= 4 is 0 Å². The number of ether oxygens (including phenoxy) is 1. The van der Waals surface area contributed by atoms with E-state index in [1.807, 2.05) is 0 Å². The summed E-state index contributed by atoms with van der Waals surface area (Å²) >= 11 is 0. The molecule has 0 aromatic carbocycles. The Bertz CT molecular complexity index is 136. The minimum atomic E-state index is 0.625. The minimum Gasteiger partial charge on any atom is -0.379 e. The summed E-state index contributed by atoms with van der Waals surface area (Å²) in [6.45, 7) is 5.40. The maximum absolute atomic E-state index is 5.30. The average Bonchev–Trinajstić information content (AvgIpc) is 2.14. The van der Waals surface area contributed by atoms with Gasteiger partial charge in [0.15, 0.2) is 0 Å². The molecule has 70 valence electrons. The van der Waals surface area contributed by atoms with Crippen molar-refractivity contribution in [2.24, 2.45) is 5.73 Å². The fourth-order valence-corrected chi connectivity index (χ4v) is 1.27. The Morgan fingerprint density at radius 3 is 2.92 bits per heavy atom. The van der Waals surface area contributed by atoms with E-state index in [-0.39, 0.29) is 0 Å². The van der Waals surface area contributed by atoms with Gasteiger partial charge in [-0.3, -0.25) is 4.90 Å². The monoisotopic (exact) mass is 170 g/mol. The minimum absolute atomic E-state index is 0.625. The molecule has 0 unspecified atom stereocenters. The summed E-state index contributed by atoms with van der Waals surface area (Å²) in [5.74, 6) is 0. The predicted molar refractivity (Wildman–Crippen MR) is 50.1 cm³/mol. The smallest absolute Gasteiger partial charge is 0.0594 e. The molecule has 0 bridgehead atoms. The second-order valence-electron chi connectivity index (χ2n) is 2.96. The molecule has 0 saturated heterocycles. The van der Waals surface area contributed by atoms with Crippen LogP contribution in [-0.4, -0.2) is 44.3 Å². The Hall–Kier alpha value is -0.380. The van der Waals surface area contributed by atoms with Crippen LogP contribution < -0.4 is 5.73 Å². The lowest BCUT2D eigenvalue weighted by Gasteiger charge is -2.22. The van der Waals surface area contributed by atoms with Gasteiger partial charge in [-0.05, 0) is 6.42 Å². The van der Waals surface area contributed by atoms with E-state index in [4.69, 9.17) is 10.5 Å². The summed E-state index contributed by atoms with van der Waals surface area (Å²) in [7, 11) is 0. The molecule has 1 aliphatic heterocycles. The SMILES string of the molecule is NCCOCCN1CC=CCC1. The van der Waals surface area contributed by atoms with Crippen molar-refractivity contribution in [3.8, 4) is 0 Å². The van der Waals surface area contributed by atoms with E-state index in [1.165, 1.54) is 13.0 Å². The van der Waals surface area contributed by atoms with E-state index in [2.05, 4.69) is 17.1 Å². The van der Waals surface area contributed by atoms with Gasteiger partial charge in [-0.1, -0.05) is 12.2 Å². The van der Waals surface area contributed by atoms with Crippen LogP contribution in [0.5, 0.6) is 0 Å². The number of nitrogens with zero attached hydrogens (tertiary/aromatic N) is 1. The number of rotatable bonds is 5. The molecule has 0 atom stereocenters. The molecule has 12 heavy (non-hydrogen) atoms. The number of hydrogen-bond donors (Lipinski definition) is 1. The second-order valence-corrected chi connectivity index (χ2v) is 2.96. The van der Waals surface area contributed by atoms with Gasteiger partial charge in [-0.25, -0.2) is 0 Å². The summed E-state index contributed by atoms with van der Waals surface area (Å²) in [6, 6.07) is 0. The molecular formula is C9H18N2O. The van der Waals surface area contributed by atoms with Crippen LogP contribution in [0.1, 0.15) is 6.42 Å². The molecule has 0 fully saturated rings. The third-order valence-corrected chi connectivity index (χ3v) is 1.96. The van der Waals surface area contributed by atoms with Crippen LogP contribution >= 0.6 is 0 Å². The van der Waals surface area contributed by atoms with Gasteiger partial charge in [-0.15, -0.1) is 0 Å². The van der Waals surface area contributed by atoms with Gasteiger partial charge < -0.3 is 10.5 Å². The molecular weight excluding hydrogens is 152 g/mol. The van der Waals surface area contributed by atoms with Crippen LogP contribution in [-0.2, 0) is 4.74 Å². The van der Waals surface area contributed by atoms with Crippen LogP contribution in [0.2, 0.25) is 0 Å². The van der Waals surface area contributed by atoms with Crippen LogP contribution in [0.15, 0.2) is 12.2 Å². The summed E-state index contributed by atoms with van der Waals surface area (Å²) in [4.78, 5) is 2.39. The number of hydrogen-bond acceptors (Lipinski definition) is 3. The lowest BCUT2D eigenvalue weighted by Crippen LogP contribution is -2.31. The van der Waals surface area contributed by atoms with Crippen molar-refractivity contribution in [2.75, 3.05) is 39.4 Å². The molecule has 0 saturated carbocycles. The van der Waals surface area contributed by atoms with Crippen molar-refractivity contribution in [3.05, 3.63) is 12.2 Å². The Labute approximate surface area is 74.2 Å². The summed E-state index contributed by atoms with van der Waals surface area (Å²) in [5.41, 5.74) is 5.30. The molecule has 0 amide bonds. The Balaban J connectivity index is 1.95. The lowest BCUT2D eigenvalue weighted by atomic mass is 10.2. The van der Waals surface area contributed by atoms with E-state index in [9.17, 15) is 0 Å². The zero-order chi connectivity index (χ0) is 8.65. The molecule has 1 heterocycles. The predicted octanol–water partition coefficient (Wildman–Crippen LogP) is 0.224. The Morgan fingerprint density at radius 2 is 2.25 bits per heavy atom. The van der Waals surface area contributed by atoms with Gasteiger partial charge in [0, 0.05) is 26.2 Å². The summed E-state index contributed by atoms with van der Waals surface area (Å²) in [5, 5.41) is 0. The zero-order valence-corrected chi connectivity index (χ0v) is 7.54. The quantitative estimate of drug-likeness (QED) is 0.474. The lowest BCUT2D eigenvalue weighted by molar-refractivity contribution is 0.112. The van der Waals surface area contributed by atoms with E-state index in [1.54, 1.807) is 0 Å². The first-order valence-corrected chi connectivity index (χ1v) is 4.58. The van der Waals surface area contributed by atoms with Crippen molar-refractivity contribution in [3.63, 3.8) is 0 Å². The largest absolute Gasteiger partial charge is 0.379 e. The van der Waals surface area contributed by atoms with E-state index >= 15 is 0 Å². The average molecular weight is 170 g/mol. The fraction of sp³-hybridized carbons (Fsp3) is 0.778. The molecule has 3 heteroatoms. The molecule has 0 spiro atoms. The van der Waals surface area contributed by atoms with Crippen molar-refractivity contribution in [2.45, 2.75) is 6.42 Å². The standard InChI is InChI=1S/C9H18N2O/c10-4-8-12-9-7-11-5-2-1-3-6-11/h1-2H,3-10H2. The third-order valence-electron chi connectivity index (χ3n) is 1.96. The van der Waals surface area contributed by atoms with E-state index < -0.39 is 0 Å². The van der Waals surface area contributed by atoms with Crippen molar-refractivity contribution < 1.29 is 4.74 Å². The highest BCUT2D eigenvalue weighted by molar-refractivity contribution is 4.90. The van der Waals surface area contributed by atoms with Gasteiger partial charge in [0.2, 0.25) is 0 Å². The van der Waals surface area contributed by atoms with Crippen molar-refractivity contribution in [1.82, 2.24) is 4.90 Å². The van der Waals surface area contributed by atoms with E-state index in [0.717, 1.165) is 19.7 Å². The molecule has 0 radical (unpaired) electrons. The first-order valence-electron chi connectivity index (χ1n) is 4.58. The highest BCUT2D eigenvalue weighted by atomic mass is 16.5. The normalized spacial score (nSPS) is 18.4. The van der Waals surface area contributed by atoms with Gasteiger partial charge >= 0.3 is 0 Å². The van der Waals surface area contributed by atoms with Crippen LogP contribution in [0.4, 0.5) is 0 Å². The summed E-state index contributed by atoms with van der Waals surface area (Å²) in [6.07, 6.45) is 5.63. The summed E-state index contributed by atoms with van der Waals surface area (Å²) < 4.78 is 5.29. The number of nitrogens with two attached hydrogens (primary N) is 1. The molecule has 1 aliphatic rings. The highest BCUT2D eigenvalue weighted by Crippen LogP contribution is 1.99. The molecule has 2 N–H and O–H groups in total. The molecule has 3 nitrogen and oxygen atoms in total. The molecule has 1 rings (SSSR count). The second kappa shape index (κ2) is 6.17. The first-order chi connectivity index (χ1) is 5.93. The Kier molecular flexibility index (Phi) is 4.99. The first kappa shape index (κ1) is 9.71. The third kappa shape index (κ3) is 3.85. The van der Waals surface area contributed by atoms with Crippen molar-refractivity contribution in [1.29, 1.82) is 0 Å². The maximum Gasteiger partial charge on any atom is 0.0594 e. The Morgan fingerprint density at radius 1 is 1.33 bits per heavy atom. The topological polar surface area (TPSA) is 38.5 Å². The van der Waals surface area contributed by atoms with Gasteiger partial charge in [-0.2, -0.15) is 0 Å². The molecule has 0 aromatic rings. The van der Waals surface area contributed by atoms with Gasteiger partial charge in [0.25, 0.3) is 0 Å². The fourth-order valence-electron chi connectivity index (χ4n) is 1.27. The highest BCUT2D eigenvalue weighted by Gasteiger charge is 2.04. The van der Waals surface area contributed by atoms with Crippen LogP contribution in [0.25, 0.3) is 0 Å². The maximum atomic E-state index is 5.30. The van der Waals surface area contributed by atoms with Gasteiger partial charge in [0.1, 0.15) is 0 Å².